The Hall–Kier alpha value is -0.560. The van der Waals surface area contributed by atoms with Crippen molar-refractivity contribution in [3.63, 3.8) is 0 Å². The fraction of sp³-hybridized carbons (Fsp3) is 0.778. The smallest absolute Gasteiger partial charge is 0.326 e. The van der Waals surface area contributed by atoms with Crippen molar-refractivity contribution in [2.24, 2.45) is 17.4 Å². The highest BCUT2D eigenvalue weighted by Crippen LogP contribution is 2.07. The molecule has 0 saturated heterocycles. The van der Waals surface area contributed by atoms with Gasteiger partial charge in [-0.3, -0.25) is 4.79 Å². The van der Waals surface area contributed by atoms with Gasteiger partial charge in [0.15, 0.2) is 0 Å². The third-order valence-electron chi connectivity index (χ3n) is 2.37. The first-order valence-corrected chi connectivity index (χ1v) is 4.92. The Morgan fingerprint density at radius 3 is 2.12 bits per heavy atom. The zero-order valence-corrected chi connectivity index (χ0v) is 11.5. The number of rotatable bonds is 6. The molecular weight excluding hydrogens is 269 g/mol. The SMILES string of the molecule is CCC(C)[C@H](NC(=O)[C@@H](N)CN)C(=O)O.Cl.Cl. The molecule has 0 bridgehead atoms. The number of carboxylic acids is 1. The van der Waals surface area contributed by atoms with E-state index in [0.29, 0.717) is 6.42 Å². The summed E-state index contributed by atoms with van der Waals surface area (Å²) < 4.78 is 0. The van der Waals surface area contributed by atoms with Gasteiger partial charge in [0.2, 0.25) is 5.91 Å². The first kappa shape index (κ1) is 21.7. The van der Waals surface area contributed by atoms with Crippen LogP contribution in [0.3, 0.4) is 0 Å². The summed E-state index contributed by atoms with van der Waals surface area (Å²) in [5.74, 6) is -1.72. The zero-order valence-electron chi connectivity index (χ0n) is 9.88. The Labute approximate surface area is 113 Å². The molecule has 17 heavy (non-hydrogen) atoms. The summed E-state index contributed by atoms with van der Waals surface area (Å²) in [6.45, 7) is 3.61. The lowest BCUT2D eigenvalue weighted by atomic mass is 9.99. The first-order valence-electron chi connectivity index (χ1n) is 4.92. The second-order valence-electron chi connectivity index (χ2n) is 3.55. The number of carbonyl (C=O) groups excluding carboxylic acids is 1. The van der Waals surface area contributed by atoms with Crippen LogP contribution in [0, 0.1) is 5.92 Å². The van der Waals surface area contributed by atoms with Gasteiger partial charge in [-0.25, -0.2) is 4.79 Å². The highest BCUT2D eigenvalue weighted by atomic mass is 35.5. The molecule has 0 aromatic rings. The van der Waals surface area contributed by atoms with E-state index < -0.39 is 24.0 Å². The molecule has 0 spiro atoms. The molecule has 6 nitrogen and oxygen atoms in total. The number of hydrogen-bond donors (Lipinski definition) is 4. The second-order valence-corrected chi connectivity index (χ2v) is 3.55. The van der Waals surface area contributed by atoms with Crippen molar-refractivity contribution in [3.8, 4) is 0 Å². The average molecular weight is 290 g/mol. The van der Waals surface area contributed by atoms with Gasteiger partial charge in [-0.15, -0.1) is 24.8 Å². The van der Waals surface area contributed by atoms with Crippen LogP contribution in [0.5, 0.6) is 0 Å². The lowest BCUT2D eigenvalue weighted by molar-refractivity contribution is -0.143. The maximum atomic E-state index is 11.3. The minimum absolute atomic E-state index is 0. The fourth-order valence-electron chi connectivity index (χ4n) is 1.05. The van der Waals surface area contributed by atoms with E-state index in [2.05, 4.69) is 5.32 Å². The van der Waals surface area contributed by atoms with Crippen molar-refractivity contribution in [3.05, 3.63) is 0 Å². The highest BCUT2D eigenvalue weighted by Gasteiger charge is 2.26. The van der Waals surface area contributed by atoms with Crippen LogP contribution < -0.4 is 16.8 Å². The molecule has 104 valence electrons. The molecule has 0 rings (SSSR count). The highest BCUT2D eigenvalue weighted by molar-refractivity contribution is 5.87. The van der Waals surface area contributed by atoms with Crippen molar-refractivity contribution in [1.82, 2.24) is 5.32 Å². The van der Waals surface area contributed by atoms with Crippen molar-refractivity contribution in [2.45, 2.75) is 32.4 Å². The Kier molecular flexibility index (Phi) is 13.5. The van der Waals surface area contributed by atoms with Crippen LogP contribution in [0.15, 0.2) is 0 Å². The molecule has 0 heterocycles. The molecule has 0 saturated carbocycles. The van der Waals surface area contributed by atoms with Gasteiger partial charge < -0.3 is 21.9 Å². The summed E-state index contributed by atoms with van der Waals surface area (Å²) in [6.07, 6.45) is 0.662. The predicted octanol–water partition coefficient (Wildman–Crippen LogP) is -0.268. The van der Waals surface area contributed by atoms with E-state index >= 15 is 0 Å². The third kappa shape index (κ3) is 7.38. The van der Waals surface area contributed by atoms with Gasteiger partial charge in [0.05, 0.1) is 6.04 Å². The van der Waals surface area contributed by atoms with E-state index in [1.807, 2.05) is 6.92 Å². The van der Waals surface area contributed by atoms with Crippen LogP contribution in [-0.2, 0) is 9.59 Å². The normalized spacial score (nSPS) is 14.6. The van der Waals surface area contributed by atoms with Gasteiger partial charge in [0, 0.05) is 6.54 Å². The maximum Gasteiger partial charge on any atom is 0.326 e. The van der Waals surface area contributed by atoms with E-state index in [1.54, 1.807) is 6.92 Å². The number of halogens is 2. The van der Waals surface area contributed by atoms with Crippen LogP contribution in [0.2, 0.25) is 0 Å². The van der Waals surface area contributed by atoms with Crippen LogP contribution in [0.25, 0.3) is 0 Å². The van der Waals surface area contributed by atoms with Crippen molar-refractivity contribution < 1.29 is 14.7 Å². The fourth-order valence-corrected chi connectivity index (χ4v) is 1.05. The number of hydrogen-bond acceptors (Lipinski definition) is 4. The molecule has 0 radical (unpaired) electrons. The van der Waals surface area contributed by atoms with Gasteiger partial charge in [0.1, 0.15) is 6.04 Å². The minimum atomic E-state index is -1.05. The number of nitrogens with one attached hydrogen (secondary N) is 1. The Morgan fingerprint density at radius 1 is 1.35 bits per heavy atom. The summed E-state index contributed by atoms with van der Waals surface area (Å²) in [5.41, 5.74) is 10.6. The van der Waals surface area contributed by atoms with Gasteiger partial charge in [-0.2, -0.15) is 0 Å². The van der Waals surface area contributed by atoms with E-state index in [0.717, 1.165) is 0 Å². The molecule has 1 unspecified atom stereocenters. The predicted molar refractivity (Wildman–Crippen MR) is 70.5 cm³/mol. The lowest BCUT2D eigenvalue weighted by Crippen LogP contribution is -2.53. The monoisotopic (exact) mass is 289 g/mol. The maximum absolute atomic E-state index is 11.3. The summed E-state index contributed by atoms with van der Waals surface area (Å²) >= 11 is 0. The quantitative estimate of drug-likeness (QED) is 0.537. The Morgan fingerprint density at radius 2 is 1.82 bits per heavy atom. The molecule has 0 aromatic carbocycles. The lowest BCUT2D eigenvalue weighted by Gasteiger charge is -2.21. The molecule has 6 N–H and O–H groups in total. The average Bonchev–Trinajstić information content (AvgIpc) is 2.22. The summed E-state index contributed by atoms with van der Waals surface area (Å²) in [4.78, 5) is 22.2. The number of carboxylic acid groups (broad SMARTS) is 1. The Balaban J connectivity index is -0.000000980. The second kappa shape index (κ2) is 10.6. The van der Waals surface area contributed by atoms with Crippen LogP contribution in [0.1, 0.15) is 20.3 Å². The summed E-state index contributed by atoms with van der Waals surface area (Å²) in [7, 11) is 0. The van der Waals surface area contributed by atoms with Crippen molar-refractivity contribution in [1.29, 1.82) is 0 Å². The first-order chi connectivity index (χ1) is 6.93. The number of nitrogens with two attached hydrogens (primary N) is 2. The molecule has 0 aromatic heterocycles. The molecule has 0 aliphatic rings. The number of carbonyl (C=O) groups is 2. The molecule has 3 atom stereocenters. The molecular formula is C9H21Cl2N3O3. The van der Waals surface area contributed by atoms with Crippen molar-refractivity contribution in [2.75, 3.05) is 6.54 Å². The molecule has 8 heteroatoms. The number of amides is 1. The number of aliphatic carboxylic acids is 1. The summed E-state index contributed by atoms with van der Waals surface area (Å²) in [5, 5.41) is 11.3. The van der Waals surface area contributed by atoms with E-state index in [-0.39, 0.29) is 37.3 Å². The zero-order chi connectivity index (χ0) is 12.0. The topological polar surface area (TPSA) is 118 Å². The van der Waals surface area contributed by atoms with Gasteiger partial charge in [0.25, 0.3) is 0 Å². The van der Waals surface area contributed by atoms with Crippen LogP contribution in [-0.4, -0.2) is 35.6 Å². The van der Waals surface area contributed by atoms with E-state index in [1.165, 1.54) is 0 Å². The van der Waals surface area contributed by atoms with E-state index in [4.69, 9.17) is 16.6 Å². The largest absolute Gasteiger partial charge is 0.480 e. The van der Waals surface area contributed by atoms with Crippen molar-refractivity contribution >= 4 is 36.7 Å². The van der Waals surface area contributed by atoms with Gasteiger partial charge >= 0.3 is 5.97 Å². The van der Waals surface area contributed by atoms with Gasteiger partial charge in [-0.1, -0.05) is 20.3 Å². The van der Waals surface area contributed by atoms with Gasteiger partial charge in [-0.05, 0) is 5.92 Å². The van der Waals surface area contributed by atoms with Crippen LogP contribution >= 0.6 is 24.8 Å². The molecule has 1 amide bonds. The standard InChI is InChI=1S/C9H19N3O3.2ClH/c1-3-5(2)7(9(14)15)12-8(13)6(11)4-10;;/h5-7H,3-4,10-11H2,1-2H3,(H,12,13)(H,14,15);2*1H/t5?,6-,7-;;/m0../s1. The molecule has 0 aliphatic heterocycles. The molecule has 0 aliphatic carbocycles. The Bertz CT molecular complexity index is 242. The minimum Gasteiger partial charge on any atom is -0.480 e. The summed E-state index contributed by atoms with van der Waals surface area (Å²) in [6, 6.07) is -1.75. The third-order valence-corrected chi connectivity index (χ3v) is 2.37. The van der Waals surface area contributed by atoms with Crippen LogP contribution in [0.4, 0.5) is 0 Å². The van der Waals surface area contributed by atoms with E-state index in [9.17, 15) is 9.59 Å². The molecule has 0 fully saturated rings.